The summed E-state index contributed by atoms with van der Waals surface area (Å²) in [5.41, 5.74) is -0.443. The number of aliphatic hydroxyl groups excluding tert-OH is 1. The minimum atomic E-state index is -0.443. The Hall–Kier alpha value is -0.810. The average Bonchev–Trinajstić information content (AvgIpc) is 3.20. The van der Waals surface area contributed by atoms with Crippen LogP contribution in [-0.2, 0) is 4.74 Å². The van der Waals surface area contributed by atoms with E-state index in [1.807, 2.05) is 25.7 Å². The standard InChI is InChI=1S/C16H30N2O3/c1-16(2,3)21-15(20)18(13-7-8-13)12-14-6-4-5-9-17(14)10-11-19/h13-14,19H,4-12H2,1-3H3/t14-/m0/s1. The average molecular weight is 298 g/mol. The molecule has 2 aliphatic rings. The zero-order valence-corrected chi connectivity index (χ0v) is 13.7. The third-order valence-corrected chi connectivity index (χ3v) is 4.16. The Morgan fingerprint density at radius 1 is 1.29 bits per heavy atom. The lowest BCUT2D eigenvalue weighted by atomic mass is 10.0. The van der Waals surface area contributed by atoms with Crippen molar-refractivity contribution in [3.8, 4) is 0 Å². The first kappa shape index (κ1) is 16.6. The van der Waals surface area contributed by atoms with E-state index in [4.69, 9.17) is 4.74 Å². The van der Waals surface area contributed by atoms with Crippen LogP contribution in [-0.4, -0.2) is 64.9 Å². The number of rotatable bonds is 5. The number of ether oxygens (including phenoxy) is 1. The van der Waals surface area contributed by atoms with Gasteiger partial charge in [-0.25, -0.2) is 4.79 Å². The molecule has 0 aromatic rings. The van der Waals surface area contributed by atoms with Crippen LogP contribution in [0.4, 0.5) is 4.79 Å². The van der Waals surface area contributed by atoms with Crippen molar-refractivity contribution < 1.29 is 14.6 Å². The van der Waals surface area contributed by atoms with E-state index in [0.717, 1.165) is 32.4 Å². The highest BCUT2D eigenvalue weighted by Crippen LogP contribution is 2.30. The first-order valence-electron chi connectivity index (χ1n) is 8.25. The summed E-state index contributed by atoms with van der Waals surface area (Å²) in [6.45, 7) is 8.39. The third-order valence-electron chi connectivity index (χ3n) is 4.16. The molecule has 1 saturated carbocycles. The summed E-state index contributed by atoms with van der Waals surface area (Å²) >= 11 is 0. The lowest BCUT2D eigenvalue weighted by Gasteiger charge is -2.38. The molecule has 5 heteroatoms. The number of likely N-dealkylation sites (tertiary alicyclic amines) is 1. The fourth-order valence-electron chi connectivity index (χ4n) is 3.00. The van der Waals surface area contributed by atoms with Crippen molar-refractivity contribution in [1.29, 1.82) is 0 Å². The topological polar surface area (TPSA) is 53.0 Å². The van der Waals surface area contributed by atoms with Crippen molar-refractivity contribution in [3.63, 3.8) is 0 Å². The first-order chi connectivity index (χ1) is 9.90. The molecule has 0 unspecified atom stereocenters. The van der Waals surface area contributed by atoms with E-state index in [2.05, 4.69) is 4.90 Å². The fraction of sp³-hybridized carbons (Fsp3) is 0.938. The van der Waals surface area contributed by atoms with E-state index in [0.29, 0.717) is 18.6 Å². The van der Waals surface area contributed by atoms with Gasteiger partial charge >= 0.3 is 6.09 Å². The molecule has 1 N–H and O–H groups in total. The van der Waals surface area contributed by atoms with Gasteiger partial charge in [-0.1, -0.05) is 6.42 Å². The summed E-state index contributed by atoms with van der Waals surface area (Å²) in [7, 11) is 0. The van der Waals surface area contributed by atoms with Crippen molar-refractivity contribution in [3.05, 3.63) is 0 Å². The highest BCUT2D eigenvalue weighted by molar-refractivity contribution is 5.69. The van der Waals surface area contributed by atoms with Gasteiger partial charge in [0, 0.05) is 25.2 Å². The Bertz CT molecular complexity index is 348. The van der Waals surface area contributed by atoms with Crippen LogP contribution in [0, 0.1) is 0 Å². The molecule has 1 aliphatic carbocycles. The van der Waals surface area contributed by atoms with E-state index in [1.54, 1.807) is 0 Å². The molecule has 0 bridgehead atoms. The van der Waals surface area contributed by atoms with Crippen molar-refractivity contribution >= 4 is 6.09 Å². The summed E-state index contributed by atoms with van der Waals surface area (Å²) < 4.78 is 5.56. The van der Waals surface area contributed by atoms with E-state index in [9.17, 15) is 9.90 Å². The van der Waals surface area contributed by atoms with Crippen LogP contribution in [0.15, 0.2) is 0 Å². The highest BCUT2D eigenvalue weighted by Gasteiger charge is 2.37. The molecule has 0 spiro atoms. The number of aliphatic hydroxyl groups is 1. The zero-order chi connectivity index (χ0) is 15.5. The molecule has 1 heterocycles. The van der Waals surface area contributed by atoms with Crippen molar-refractivity contribution in [2.24, 2.45) is 0 Å². The number of β-amino-alcohol motifs (C(OH)–C–C–N with tert-alkyl or cyclic N) is 1. The number of amides is 1. The summed E-state index contributed by atoms with van der Waals surface area (Å²) in [5.74, 6) is 0. The molecule has 1 atom stereocenters. The zero-order valence-electron chi connectivity index (χ0n) is 13.7. The van der Waals surface area contributed by atoms with Gasteiger partial charge in [-0.2, -0.15) is 0 Å². The molecule has 0 radical (unpaired) electrons. The monoisotopic (exact) mass is 298 g/mol. The Morgan fingerprint density at radius 2 is 2.00 bits per heavy atom. The smallest absolute Gasteiger partial charge is 0.410 e. The minimum absolute atomic E-state index is 0.181. The Morgan fingerprint density at radius 3 is 2.57 bits per heavy atom. The SMILES string of the molecule is CC(C)(C)OC(=O)N(C[C@@H]1CCCCN1CCO)C1CC1. The van der Waals surface area contributed by atoms with Gasteiger partial charge in [0.1, 0.15) is 5.60 Å². The molecular weight excluding hydrogens is 268 g/mol. The Kier molecular flexibility index (Phi) is 5.49. The summed E-state index contributed by atoms with van der Waals surface area (Å²) in [4.78, 5) is 16.7. The van der Waals surface area contributed by atoms with Gasteiger partial charge in [-0.15, -0.1) is 0 Å². The maximum absolute atomic E-state index is 12.4. The molecule has 0 aromatic carbocycles. The van der Waals surface area contributed by atoms with Crippen LogP contribution in [0.5, 0.6) is 0 Å². The molecule has 2 rings (SSSR count). The lowest BCUT2D eigenvalue weighted by Crippen LogP contribution is -2.50. The van der Waals surface area contributed by atoms with Crippen molar-refractivity contribution in [1.82, 2.24) is 9.80 Å². The molecular formula is C16H30N2O3. The fourth-order valence-corrected chi connectivity index (χ4v) is 3.00. The predicted molar refractivity (Wildman–Crippen MR) is 82.3 cm³/mol. The molecule has 2 fully saturated rings. The molecule has 122 valence electrons. The predicted octanol–water partition coefficient (Wildman–Crippen LogP) is 2.23. The van der Waals surface area contributed by atoms with Gasteiger partial charge in [-0.05, 0) is 53.0 Å². The number of hydrogen-bond acceptors (Lipinski definition) is 4. The molecule has 21 heavy (non-hydrogen) atoms. The van der Waals surface area contributed by atoms with E-state index in [1.165, 1.54) is 12.8 Å². The highest BCUT2D eigenvalue weighted by atomic mass is 16.6. The van der Waals surface area contributed by atoms with Crippen LogP contribution < -0.4 is 0 Å². The third kappa shape index (κ3) is 5.15. The largest absolute Gasteiger partial charge is 0.444 e. The second-order valence-electron chi connectivity index (χ2n) is 7.27. The van der Waals surface area contributed by atoms with Crippen LogP contribution in [0.2, 0.25) is 0 Å². The summed E-state index contributed by atoms with van der Waals surface area (Å²) in [6.07, 6.45) is 5.50. The van der Waals surface area contributed by atoms with Crippen molar-refractivity contribution in [2.45, 2.75) is 70.6 Å². The van der Waals surface area contributed by atoms with Gasteiger partial charge in [0.05, 0.1) is 6.61 Å². The number of nitrogens with zero attached hydrogens (tertiary/aromatic N) is 2. The van der Waals surface area contributed by atoms with Crippen molar-refractivity contribution in [2.75, 3.05) is 26.2 Å². The van der Waals surface area contributed by atoms with Gasteiger partial charge < -0.3 is 14.7 Å². The Labute approximate surface area is 128 Å². The van der Waals surface area contributed by atoms with E-state index in [-0.39, 0.29) is 12.7 Å². The summed E-state index contributed by atoms with van der Waals surface area (Å²) in [6, 6.07) is 0.719. The number of piperidine rings is 1. The Balaban J connectivity index is 1.96. The number of hydrogen-bond donors (Lipinski definition) is 1. The number of carbonyl (C=O) groups excluding carboxylic acids is 1. The lowest BCUT2D eigenvalue weighted by molar-refractivity contribution is 0.0127. The number of carbonyl (C=O) groups is 1. The minimum Gasteiger partial charge on any atom is -0.444 e. The quantitative estimate of drug-likeness (QED) is 0.845. The molecule has 1 saturated heterocycles. The van der Waals surface area contributed by atoms with Gasteiger partial charge in [0.15, 0.2) is 0 Å². The van der Waals surface area contributed by atoms with Crippen LogP contribution in [0.25, 0.3) is 0 Å². The second-order valence-corrected chi connectivity index (χ2v) is 7.27. The molecule has 1 amide bonds. The maximum Gasteiger partial charge on any atom is 0.410 e. The first-order valence-corrected chi connectivity index (χ1v) is 8.25. The maximum atomic E-state index is 12.4. The van der Waals surface area contributed by atoms with E-state index >= 15 is 0 Å². The van der Waals surface area contributed by atoms with Crippen LogP contribution >= 0.6 is 0 Å². The van der Waals surface area contributed by atoms with E-state index < -0.39 is 5.60 Å². The molecule has 5 nitrogen and oxygen atoms in total. The van der Waals surface area contributed by atoms with Gasteiger partial charge in [-0.3, -0.25) is 4.90 Å². The molecule has 1 aliphatic heterocycles. The molecule has 0 aromatic heterocycles. The van der Waals surface area contributed by atoms with Crippen LogP contribution in [0.3, 0.4) is 0 Å². The van der Waals surface area contributed by atoms with Gasteiger partial charge in [0.2, 0.25) is 0 Å². The second kappa shape index (κ2) is 6.97. The summed E-state index contributed by atoms with van der Waals surface area (Å²) in [5, 5.41) is 9.21. The normalized spacial score (nSPS) is 23.9. The van der Waals surface area contributed by atoms with Gasteiger partial charge in [0.25, 0.3) is 0 Å². The van der Waals surface area contributed by atoms with Crippen LogP contribution in [0.1, 0.15) is 52.9 Å².